The van der Waals surface area contributed by atoms with Crippen LogP contribution in [0.1, 0.15) is 18.4 Å². The van der Waals surface area contributed by atoms with Crippen molar-refractivity contribution in [1.82, 2.24) is 4.90 Å². The number of unbranched alkanes of at least 4 members (excludes halogenated alkanes) is 1. The summed E-state index contributed by atoms with van der Waals surface area (Å²) in [6.45, 7) is 2.87. The fourth-order valence-electron chi connectivity index (χ4n) is 3.02. The molecule has 4 nitrogen and oxygen atoms in total. The Morgan fingerprint density at radius 2 is 1.79 bits per heavy atom. The van der Waals surface area contributed by atoms with Crippen molar-refractivity contribution in [2.45, 2.75) is 19.4 Å². The highest BCUT2D eigenvalue weighted by atomic mass is 16.5. The van der Waals surface area contributed by atoms with Gasteiger partial charge in [0.05, 0.1) is 5.69 Å². The highest BCUT2D eigenvalue weighted by Crippen LogP contribution is 2.31. The lowest BCUT2D eigenvalue weighted by Gasteiger charge is -2.29. The van der Waals surface area contributed by atoms with E-state index in [0.29, 0.717) is 0 Å². The highest BCUT2D eigenvalue weighted by molar-refractivity contribution is 5.97. The Hall–Kier alpha value is -2.33. The third-order valence-electron chi connectivity index (χ3n) is 4.28. The molecule has 1 aliphatic rings. The number of rotatable bonds is 7. The monoisotopic (exact) mass is 324 g/mol. The van der Waals surface area contributed by atoms with Crippen molar-refractivity contribution >= 4 is 11.6 Å². The fraction of sp³-hybridized carbons (Fsp3) is 0.350. The molecule has 0 unspecified atom stereocenters. The minimum atomic E-state index is 0.0475. The van der Waals surface area contributed by atoms with Crippen LogP contribution in [0.4, 0.5) is 5.69 Å². The van der Waals surface area contributed by atoms with E-state index in [1.165, 1.54) is 5.56 Å². The largest absolute Gasteiger partial charge is 0.482 e. The number of amides is 1. The van der Waals surface area contributed by atoms with Gasteiger partial charge in [0.1, 0.15) is 5.75 Å². The lowest BCUT2D eigenvalue weighted by Crippen LogP contribution is -2.39. The van der Waals surface area contributed by atoms with Gasteiger partial charge in [0.15, 0.2) is 6.61 Å². The van der Waals surface area contributed by atoms with Gasteiger partial charge in [-0.15, -0.1) is 0 Å². The van der Waals surface area contributed by atoms with E-state index in [2.05, 4.69) is 36.2 Å². The normalized spacial score (nSPS) is 13.8. The molecule has 126 valence electrons. The average Bonchev–Trinajstić information content (AvgIpc) is 2.61. The molecule has 1 heterocycles. The number of carbonyl (C=O) groups excluding carboxylic acids is 1. The minimum Gasteiger partial charge on any atom is -0.482 e. The Kier molecular flexibility index (Phi) is 5.49. The molecule has 0 aromatic heterocycles. The topological polar surface area (TPSA) is 32.8 Å². The molecule has 0 N–H and O–H groups in total. The summed E-state index contributed by atoms with van der Waals surface area (Å²) in [6.07, 6.45) is 2.05. The van der Waals surface area contributed by atoms with Crippen LogP contribution in [0.3, 0.4) is 0 Å². The van der Waals surface area contributed by atoms with Gasteiger partial charge >= 0.3 is 0 Å². The van der Waals surface area contributed by atoms with E-state index in [-0.39, 0.29) is 12.5 Å². The second-order valence-corrected chi connectivity index (χ2v) is 6.23. The van der Waals surface area contributed by atoms with Crippen LogP contribution in [0.2, 0.25) is 0 Å². The van der Waals surface area contributed by atoms with E-state index >= 15 is 0 Å². The lowest BCUT2D eigenvalue weighted by atomic mass is 10.2. The molecular weight excluding hydrogens is 300 g/mol. The molecule has 0 spiro atoms. The maximum Gasteiger partial charge on any atom is 0.265 e. The molecule has 2 aromatic rings. The standard InChI is InChI=1S/C20H24N2O2/c1-21(15-17-9-3-2-4-10-17)13-7-8-14-22-18-11-5-6-12-19(18)24-16-20(22)23/h2-6,9-12H,7-8,13-16H2,1H3. The fourth-order valence-corrected chi connectivity index (χ4v) is 3.02. The zero-order chi connectivity index (χ0) is 16.8. The van der Waals surface area contributed by atoms with Crippen molar-refractivity contribution in [2.24, 2.45) is 0 Å². The first-order valence-electron chi connectivity index (χ1n) is 8.49. The van der Waals surface area contributed by atoms with E-state index in [9.17, 15) is 4.79 Å². The smallest absolute Gasteiger partial charge is 0.265 e. The summed E-state index contributed by atoms with van der Waals surface area (Å²) in [7, 11) is 2.14. The summed E-state index contributed by atoms with van der Waals surface area (Å²) in [4.78, 5) is 16.3. The Morgan fingerprint density at radius 1 is 1.04 bits per heavy atom. The molecule has 2 aromatic carbocycles. The number of para-hydroxylation sites is 2. The molecule has 3 rings (SSSR count). The Balaban J connectivity index is 1.46. The quantitative estimate of drug-likeness (QED) is 0.733. The Labute approximate surface area is 143 Å². The van der Waals surface area contributed by atoms with Gasteiger partial charge in [-0.25, -0.2) is 0 Å². The summed E-state index contributed by atoms with van der Waals surface area (Å²) < 4.78 is 5.48. The predicted octanol–water partition coefficient (Wildman–Crippen LogP) is 3.32. The van der Waals surface area contributed by atoms with E-state index < -0.39 is 0 Å². The van der Waals surface area contributed by atoms with Gasteiger partial charge < -0.3 is 14.5 Å². The summed E-state index contributed by atoms with van der Waals surface area (Å²) in [5.74, 6) is 0.852. The van der Waals surface area contributed by atoms with Gasteiger partial charge in [-0.2, -0.15) is 0 Å². The van der Waals surface area contributed by atoms with Gasteiger partial charge in [-0.1, -0.05) is 42.5 Å². The molecule has 0 bridgehead atoms. The van der Waals surface area contributed by atoms with E-state index in [4.69, 9.17) is 4.74 Å². The van der Waals surface area contributed by atoms with Crippen LogP contribution in [-0.4, -0.2) is 37.6 Å². The predicted molar refractivity (Wildman–Crippen MR) is 96.3 cm³/mol. The summed E-state index contributed by atoms with van der Waals surface area (Å²) in [5, 5.41) is 0. The van der Waals surface area contributed by atoms with Crippen LogP contribution in [0.15, 0.2) is 54.6 Å². The number of benzene rings is 2. The molecule has 0 radical (unpaired) electrons. The third-order valence-corrected chi connectivity index (χ3v) is 4.28. The van der Waals surface area contributed by atoms with Crippen molar-refractivity contribution in [2.75, 3.05) is 31.6 Å². The van der Waals surface area contributed by atoms with E-state index in [0.717, 1.165) is 43.9 Å². The maximum absolute atomic E-state index is 12.1. The first-order chi connectivity index (χ1) is 11.7. The Morgan fingerprint density at radius 3 is 2.62 bits per heavy atom. The van der Waals surface area contributed by atoms with Crippen LogP contribution in [0, 0.1) is 0 Å². The molecule has 0 saturated carbocycles. The van der Waals surface area contributed by atoms with Gasteiger partial charge in [0.25, 0.3) is 5.91 Å². The third kappa shape index (κ3) is 4.15. The zero-order valence-electron chi connectivity index (χ0n) is 14.1. The van der Waals surface area contributed by atoms with Crippen LogP contribution in [-0.2, 0) is 11.3 Å². The van der Waals surface area contributed by atoms with E-state index in [1.54, 1.807) is 0 Å². The molecular formula is C20H24N2O2. The molecule has 1 amide bonds. The number of hydrogen-bond donors (Lipinski definition) is 0. The first kappa shape index (κ1) is 16.5. The van der Waals surface area contributed by atoms with Crippen molar-refractivity contribution in [3.63, 3.8) is 0 Å². The Bertz CT molecular complexity index is 672. The number of nitrogens with zero attached hydrogens (tertiary/aromatic N) is 2. The summed E-state index contributed by atoms with van der Waals surface area (Å²) in [6, 6.07) is 18.2. The second-order valence-electron chi connectivity index (χ2n) is 6.23. The van der Waals surface area contributed by atoms with Crippen LogP contribution >= 0.6 is 0 Å². The van der Waals surface area contributed by atoms with Crippen LogP contribution in [0.25, 0.3) is 0 Å². The summed E-state index contributed by atoms with van der Waals surface area (Å²) in [5.41, 5.74) is 2.23. The van der Waals surface area contributed by atoms with E-state index in [1.807, 2.05) is 35.2 Å². The molecule has 0 atom stereocenters. The average molecular weight is 324 g/mol. The first-order valence-corrected chi connectivity index (χ1v) is 8.49. The van der Waals surface area contributed by atoms with Crippen molar-refractivity contribution in [1.29, 1.82) is 0 Å². The van der Waals surface area contributed by atoms with Crippen molar-refractivity contribution in [3.05, 3.63) is 60.2 Å². The highest BCUT2D eigenvalue weighted by Gasteiger charge is 2.24. The van der Waals surface area contributed by atoms with Gasteiger partial charge in [-0.05, 0) is 44.1 Å². The van der Waals surface area contributed by atoms with Crippen LogP contribution < -0.4 is 9.64 Å². The zero-order valence-corrected chi connectivity index (χ0v) is 14.1. The maximum atomic E-state index is 12.1. The van der Waals surface area contributed by atoms with Crippen molar-refractivity contribution < 1.29 is 9.53 Å². The minimum absolute atomic E-state index is 0.0475. The number of ether oxygens (including phenoxy) is 1. The molecule has 0 aliphatic carbocycles. The number of fused-ring (bicyclic) bond motifs is 1. The number of hydrogen-bond acceptors (Lipinski definition) is 3. The summed E-state index contributed by atoms with van der Waals surface area (Å²) >= 11 is 0. The number of anilines is 1. The molecule has 0 saturated heterocycles. The second kappa shape index (κ2) is 7.97. The van der Waals surface area contributed by atoms with Gasteiger partial charge in [0.2, 0.25) is 0 Å². The number of carbonyl (C=O) groups is 1. The molecule has 1 aliphatic heterocycles. The molecule has 24 heavy (non-hydrogen) atoms. The van der Waals surface area contributed by atoms with Crippen LogP contribution in [0.5, 0.6) is 5.75 Å². The van der Waals surface area contributed by atoms with Crippen molar-refractivity contribution in [3.8, 4) is 5.75 Å². The SMILES string of the molecule is CN(CCCCN1C(=O)COc2ccccc21)Cc1ccccc1. The molecule has 4 heteroatoms. The van der Waals surface area contributed by atoms with Gasteiger partial charge in [0, 0.05) is 13.1 Å². The van der Waals surface area contributed by atoms with Gasteiger partial charge in [-0.3, -0.25) is 4.79 Å². The lowest BCUT2D eigenvalue weighted by molar-refractivity contribution is -0.121. The molecule has 0 fully saturated rings.